The van der Waals surface area contributed by atoms with Crippen molar-refractivity contribution in [3.05, 3.63) is 47.5 Å². The molecule has 0 bridgehead atoms. The van der Waals surface area contributed by atoms with Crippen LogP contribution < -0.4 is 19.1 Å². The topological polar surface area (TPSA) is 85.4 Å². The van der Waals surface area contributed by atoms with Gasteiger partial charge in [-0.15, -0.1) is 0 Å². The first-order chi connectivity index (χ1) is 16.8. The minimum atomic E-state index is -0.655. The third kappa shape index (κ3) is 4.22. The maximum atomic E-state index is 13.3. The molecule has 2 fully saturated rings. The highest BCUT2D eigenvalue weighted by Gasteiger charge is 2.46. The normalized spacial score (nSPS) is 21.1. The van der Waals surface area contributed by atoms with Crippen LogP contribution in [0.15, 0.2) is 36.4 Å². The number of hydrogen-bond donors (Lipinski definition) is 0. The molecule has 0 N–H and O–H groups in total. The molecular formula is C27H30N2O6. The first-order valence-electron chi connectivity index (χ1n) is 12.0. The Labute approximate surface area is 204 Å². The van der Waals surface area contributed by atoms with Gasteiger partial charge in [0, 0.05) is 56.7 Å². The third-order valence-electron chi connectivity index (χ3n) is 7.39. The van der Waals surface area contributed by atoms with Crippen LogP contribution in [0.4, 0.5) is 5.69 Å². The number of ketones is 1. The van der Waals surface area contributed by atoms with E-state index in [1.807, 2.05) is 36.1 Å². The molecule has 1 spiro atoms. The number of anilines is 1. The molecule has 35 heavy (non-hydrogen) atoms. The smallest absolute Gasteiger partial charge is 0.228 e. The Morgan fingerprint density at radius 2 is 1.77 bits per heavy atom. The zero-order chi connectivity index (χ0) is 24.7. The standard InChI is InChI=1S/C27H30N2O6/c1-17-4-6-19(7-5-17)29-16-18(12-24(29)31)26(32)28-10-8-27(9-11-28)15-21(30)25-22(34-3)13-20(33-2)14-23(25)35-27/h4-7,13-14,18H,8-12,15-16H2,1-3H3. The molecule has 2 aromatic carbocycles. The van der Waals surface area contributed by atoms with Crippen LogP contribution >= 0.6 is 0 Å². The molecule has 8 heteroatoms. The minimum Gasteiger partial charge on any atom is -0.496 e. The molecular weight excluding hydrogens is 448 g/mol. The van der Waals surface area contributed by atoms with Gasteiger partial charge >= 0.3 is 0 Å². The summed E-state index contributed by atoms with van der Waals surface area (Å²) >= 11 is 0. The number of piperidine rings is 1. The van der Waals surface area contributed by atoms with Gasteiger partial charge in [0.1, 0.15) is 28.4 Å². The minimum absolute atomic E-state index is 0.00585. The zero-order valence-electron chi connectivity index (χ0n) is 20.3. The second kappa shape index (κ2) is 8.91. The molecule has 1 unspecified atom stereocenters. The van der Waals surface area contributed by atoms with Crippen molar-refractivity contribution in [2.45, 2.75) is 38.2 Å². The molecule has 2 amide bonds. The lowest BCUT2D eigenvalue weighted by Crippen LogP contribution is -2.53. The summed E-state index contributed by atoms with van der Waals surface area (Å²) in [6, 6.07) is 11.2. The Bertz CT molecular complexity index is 1170. The second-order valence-corrected chi connectivity index (χ2v) is 9.65. The number of hydrogen-bond acceptors (Lipinski definition) is 6. The van der Waals surface area contributed by atoms with Crippen molar-refractivity contribution in [1.82, 2.24) is 4.90 Å². The Morgan fingerprint density at radius 1 is 1.06 bits per heavy atom. The van der Waals surface area contributed by atoms with E-state index >= 15 is 0 Å². The van der Waals surface area contributed by atoms with Crippen LogP contribution in [0.1, 0.15) is 41.6 Å². The fraction of sp³-hybridized carbons (Fsp3) is 0.444. The van der Waals surface area contributed by atoms with Crippen molar-refractivity contribution in [3.8, 4) is 17.2 Å². The first kappa shape index (κ1) is 23.2. The Balaban J connectivity index is 1.26. The van der Waals surface area contributed by atoms with Crippen molar-refractivity contribution in [3.63, 3.8) is 0 Å². The number of benzene rings is 2. The van der Waals surface area contributed by atoms with Gasteiger partial charge in [-0.3, -0.25) is 14.4 Å². The number of likely N-dealkylation sites (tertiary alicyclic amines) is 1. The van der Waals surface area contributed by atoms with Gasteiger partial charge in [0.15, 0.2) is 5.78 Å². The van der Waals surface area contributed by atoms with Crippen molar-refractivity contribution < 1.29 is 28.6 Å². The van der Waals surface area contributed by atoms with Crippen molar-refractivity contribution in [1.29, 1.82) is 0 Å². The SMILES string of the molecule is COc1cc(OC)c2c(c1)OC1(CCN(C(=O)C3CC(=O)N(c4ccc(C)cc4)C3)CC1)CC2=O. The number of Topliss-reactive ketones (excluding diaryl/α,β-unsaturated/α-hetero) is 1. The van der Waals surface area contributed by atoms with Gasteiger partial charge in [0.25, 0.3) is 0 Å². The van der Waals surface area contributed by atoms with Crippen molar-refractivity contribution in [2.75, 3.05) is 38.8 Å². The summed E-state index contributed by atoms with van der Waals surface area (Å²) in [5, 5.41) is 0. The van der Waals surface area contributed by atoms with E-state index < -0.39 is 5.60 Å². The average molecular weight is 479 g/mol. The van der Waals surface area contributed by atoms with E-state index in [0.29, 0.717) is 55.3 Å². The van der Waals surface area contributed by atoms with Crippen LogP contribution in [0.2, 0.25) is 0 Å². The number of ether oxygens (including phenoxy) is 3. The van der Waals surface area contributed by atoms with E-state index in [2.05, 4.69) is 0 Å². The van der Waals surface area contributed by atoms with Gasteiger partial charge in [-0.2, -0.15) is 0 Å². The van der Waals surface area contributed by atoms with Crippen LogP contribution in [0.25, 0.3) is 0 Å². The third-order valence-corrected chi connectivity index (χ3v) is 7.39. The van der Waals surface area contributed by atoms with Gasteiger partial charge in [-0.1, -0.05) is 17.7 Å². The number of carbonyl (C=O) groups excluding carboxylic acids is 3. The summed E-state index contributed by atoms with van der Waals surface area (Å²) in [6.45, 7) is 3.36. The van der Waals surface area contributed by atoms with E-state index in [1.165, 1.54) is 7.11 Å². The predicted molar refractivity (Wildman–Crippen MR) is 129 cm³/mol. The summed E-state index contributed by atoms with van der Waals surface area (Å²) in [7, 11) is 3.07. The molecule has 2 aromatic rings. The Hall–Kier alpha value is -3.55. The van der Waals surface area contributed by atoms with Gasteiger partial charge in [-0.25, -0.2) is 0 Å². The number of nitrogens with zero attached hydrogens (tertiary/aromatic N) is 2. The molecule has 0 radical (unpaired) electrons. The highest BCUT2D eigenvalue weighted by atomic mass is 16.5. The molecule has 184 valence electrons. The zero-order valence-corrected chi connectivity index (χ0v) is 20.3. The van der Waals surface area contributed by atoms with Gasteiger partial charge < -0.3 is 24.0 Å². The van der Waals surface area contributed by atoms with Gasteiger partial charge in [-0.05, 0) is 19.1 Å². The number of rotatable bonds is 4. The molecule has 5 rings (SSSR count). The summed E-state index contributed by atoms with van der Waals surface area (Å²) < 4.78 is 17.1. The van der Waals surface area contributed by atoms with Crippen molar-refractivity contribution >= 4 is 23.3 Å². The monoisotopic (exact) mass is 478 g/mol. The van der Waals surface area contributed by atoms with Crippen LogP contribution in [0, 0.1) is 12.8 Å². The van der Waals surface area contributed by atoms with E-state index in [-0.39, 0.29) is 36.4 Å². The first-order valence-corrected chi connectivity index (χ1v) is 12.0. The maximum absolute atomic E-state index is 13.3. The molecule has 1 atom stereocenters. The fourth-order valence-corrected chi connectivity index (χ4v) is 5.37. The quantitative estimate of drug-likeness (QED) is 0.670. The molecule has 0 saturated carbocycles. The summed E-state index contributed by atoms with van der Waals surface area (Å²) in [6.07, 6.45) is 1.56. The molecule has 0 aliphatic carbocycles. The summed E-state index contributed by atoms with van der Waals surface area (Å²) in [5.41, 5.74) is 1.74. The van der Waals surface area contributed by atoms with Gasteiger partial charge in [0.05, 0.1) is 26.6 Å². The number of aryl methyl sites for hydroxylation is 1. The number of carbonyl (C=O) groups is 3. The lowest BCUT2D eigenvalue weighted by Gasteiger charge is -2.44. The largest absolute Gasteiger partial charge is 0.496 e. The predicted octanol–water partition coefficient (Wildman–Crippen LogP) is 3.39. The van der Waals surface area contributed by atoms with E-state index in [0.717, 1.165) is 11.3 Å². The van der Waals surface area contributed by atoms with Crippen LogP contribution in [-0.4, -0.2) is 62.0 Å². The number of amides is 2. The Kier molecular flexibility index (Phi) is 5.91. The van der Waals surface area contributed by atoms with Crippen molar-refractivity contribution in [2.24, 2.45) is 5.92 Å². The van der Waals surface area contributed by atoms with Crippen LogP contribution in [0.5, 0.6) is 17.2 Å². The highest BCUT2D eigenvalue weighted by molar-refractivity contribution is 6.03. The fourth-order valence-electron chi connectivity index (χ4n) is 5.37. The highest BCUT2D eigenvalue weighted by Crippen LogP contribution is 2.45. The van der Waals surface area contributed by atoms with E-state index in [1.54, 1.807) is 24.1 Å². The summed E-state index contributed by atoms with van der Waals surface area (Å²) in [4.78, 5) is 42.5. The van der Waals surface area contributed by atoms with Crippen LogP contribution in [0.3, 0.4) is 0 Å². The van der Waals surface area contributed by atoms with E-state index in [9.17, 15) is 14.4 Å². The van der Waals surface area contributed by atoms with E-state index in [4.69, 9.17) is 14.2 Å². The van der Waals surface area contributed by atoms with Crippen LogP contribution in [-0.2, 0) is 9.59 Å². The molecule has 0 aromatic heterocycles. The molecule has 8 nitrogen and oxygen atoms in total. The number of fused-ring (bicyclic) bond motifs is 1. The molecule has 2 saturated heterocycles. The number of methoxy groups -OCH3 is 2. The summed E-state index contributed by atoms with van der Waals surface area (Å²) in [5.74, 6) is 1.04. The molecule has 3 aliphatic heterocycles. The molecule has 3 aliphatic rings. The lowest BCUT2D eigenvalue weighted by molar-refractivity contribution is -0.139. The van der Waals surface area contributed by atoms with Gasteiger partial charge in [0.2, 0.25) is 11.8 Å². The average Bonchev–Trinajstić information content (AvgIpc) is 3.25. The second-order valence-electron chi connectivity index (χ2n) is 9.65. The Morgan fingerprint density at radius 3 is 2.43 bits per heavy atom. The molecule has 3 heterocycles. The maximum Gasteiger partial charge on any atom is 0.228 e. The lowest BCUT2D eigenvalue weighted by atomic mass is 9.82.